The number of sulfonamides is 1. The van der Waals surface area contributed by atoms with Gasteiger partial charge >= 0.3 is 5.97 Å². The number of carboxylic acids is 1. The molecule has 0 bridgehead atoms. The number of hydrogen-bond acceptors (Lipinski definition) is 4. The van der Waals surface area contributed by atoms with E-state index in [9.17, 15) is 13.2 Å². The molecule has 1 atom stereocenters. The van der Waals surface area contributed by atoms with Crippen LogP contribution in [0.5, 0.6) is 0 Å². The molecule has 1 heterocycles. The van der Waals surface area contributed by atoms with E-state index in [0.29, 0.717) is 12.2 Å². The van der Waals surface area contributed by atoms with Gasteiger partial charge in [0.1, 0.15) is 11.9 Å². The number of aromatic amines is 1. The summed E-state index contributed by atoms with van der Waals surface area (Å²) in [6, 6.07) is -1.13. The van der Waals surface area contributed by atoms with Gasteiger partial charge in [-0.15, -0.1) is 0 Å². The van der Waals surface area contributed by atoms with Crippen LogP contribution in [0.1, 0.15) is 26.1 Å². The Morgan fingerprint density at radius 2 is 2.24 bits per heavy atom. The smallest absolute Gasteiger partial charge is 0.321 e. The lowest BCUT2D eigenvalue weighted by Crippen LogP contribution is -2.40. The maximum atomic E-state index is 11.8. The molecular formula is C9H15N3O4S. The number of aromatic nitrogens is 2. The minimum absolute atomic E-state index is 0.117. The van der Waals surface area contributed by atoms with Crippen LogP contribution in [0.2, 0.25) is 0 Å². The van der Waals surface area contributed by atoms with E-state index in [1.165, 1.54) is 6.20 Å². The van der Waals surface area contributed by atoms with Crippen LogP contribution >= 0.6 is 0 Å². The molecule has 1 aromatic rings. The van der Waals surface area contributed by atoms with Crippen molar-refractivity contribution in [2.24, 2.45) is 0 Å². The largest absolute Gasteiger partial charge is 0.480 e. The summed E-state index contributed by atoms with van der Waals surface area (Å²) in [4.78, 5) is 17.2. The second kappa shape index (κ2) is 5.28. The Balaban J connectivity index is 2.91. The van der Waals surface area contributed by atoms with Gasteiger partial charge in [0.05, 0.1) is 6.20 Å². The average Bonchev–Trinajstić information content (AvgIpc) is 2.74. The fraction of sp³-hybridized carbons (Fsp3) is 0.556. The third-order valence-electron chi connectivity index (χ3n) is 2.23. The van der Waals surface area contributed by atoms with Gasteiger partial charge in [-0.1, -0.05) is 13.8 Å². The van der Waals surface area contributed by atoms with E-state index in [2.05, 4.69) is 14.7 Å². The van der Waals surface area contributed by atoms with Gasteiger partial charge in [-0.3, -0.25) is 4.79 Å². The number of nitrogens with one attached hydrogen (secondary N) is 2. The molecule has 0 fully saturated rings. The summed E-state index contributed by atoms with van der Waals surface area (Å²) in [6.45, 7) is 3.42. The number of aliphatic carboxylic acids is 1. The lowest BCUT2D eigenvalue weighted by Gasteiger charge is -2.11. The predicted molar refractivity (Wildman–Crippen MR) is 60.0 cm³/mol. The van der Waals surface area contributed by atoms with Gasteiger partial charge in [-0.2, -0.15) is 4.72 Å². The summed E-state index contributed by atoms with van der Waals surface area (Å²) in [5.74, 6) is -0.667. The van der Waals surface area contributed by atoms with Crippen molar-refractivity contribution in [3.05, 3.63) is 12.0 Å². The molecule has 7 nitrogen and oxygen atoms in total. The Bertz CT molecular complexity index is 494. The number of H-pyrrole nitrogens is 1. The first-order valence-electron chi connectivity index (χ1n) is 5.19. The van der Waals surface area contributed by atoms with E-state index in [4.69, 9.17) is 5.11 Å². The number of hydrogen-bond donors (Lipinski definition) is 3. The predicted octanol–water partition coefficient (Wildman–Crippen LogP) is 0.114. The first-order chi connectivity index (χ1) is 7.90. The zero-order valence-electron chi connectivity index (χ0n) is 9.60. The maximum Gasteiger partial charge on any atom is 0.321 e. The monoisotopic (exact) mass is 261 g/mol. The van der Waals surface area contributed by atoms with Crippen molar-refractivity contribution in [3.8, 4) is 0 Å². The zero-order chi connectivity index (χ0) is 13.1. The summed E-state index contributed by atoms with van der Waals surface area (Å²) in [6.07, 6.45) is 1.92. The molecule has 0 radical (unpaired) electrons. The number of carboxylic acid groups (broad SMARTS) is 1. The first kappa shape index (κ1) is 13.7. The quantitative estimate of drug-likeness (QED) is 0.673. The molecule has 0 aliphatic rings. The van der Waals surface area contributed by atoms with Crippen LogP contribution < -0.4 is 4.72 Å². The van der Waals surface area contributed by atoms with Gasteiger partial charge in [0, 0.05) is 6.42 Å². The summed E-state index contributed by atoms with van der Waals surface area (Å²) in [5.41, 5.74) is 0. The van der Waals surface area contributed by atoms with Crippen LogP contribution in [0.15, 0.2) is 11.2 Å². The Kier molecular flexibility index (Phi) is 4.24. The van der Waals surface area contributed by atoms with Crippen LogP contribution in [-0.2, 0) is 21.2 Å². The molecular weight excluding hydrogens is 246 g/mol. The van der Waals surface area contributed by atoms with Crippen molar-refractivity contribution in [1.82, 2.24) is 14.7 Å². The fourth-order valence-corrected chi connectivity index (χ4v) is 2.43. The van der Waals surface area contributed by atoms with Gasteiger partial charge in [0.25, 0.3) is 10.0 Å². The number of aryl methyl sites for hydroxylation is 1. The molecule has 0 unspecified atom stereocenters. The molecule has 1 aromatic heterocycles. The molecule has 17 heavy (non-hydrogen) atoms. The molecule has 0 saturated heterocycles. The molecule has 0 amide bonds. The fourth-order valence-electron chi connectivity index (χ4n) is 1.22. The van der Waals surface area contributed by atoms with Gasteiger partial charge in [0.15, 0.2) is 5.03 Å². The molecule has 96 valence electrons. The second-order valence-corrected chi connectivity index (χ2v) is 5.15. The third kappa shape index (κ3) is 3.27. The molecule has 1 rings (SSSR count). The van der Waals surface area contributed by atoms with Crippen LogP contribution in [0.3, 0.4) is 0 Å². The molecule has 0 aromatic carbocycles. The van der Waals surface area contributed by atoms with Crippen molar-refractivity contribution in [1.29, 1.82) is 0 Å². The van der Waals surface area contributed by atoms with Gasteiger partial charge < -0.3 is 10.1 Å². The Labute approximate surface area is 99.3 Å². The van der Waals surface area contributed by atoms with E-state index in [1.54, 1.807) is 6.92 Å². The van der Waals surface area contributed by atoms with Gasteiger partial charge in [-0.05, 0) is 6.42 Å². The molecule has 0 saturated carbocycles. The minimum atomic E-state index is -3.85. The number of imidazole rings is 1. The van der Waals surface area contributed by atoms with E-state index < -0.39 is 22.0 Å². The van der Waals surface area contributed by atoms with Crippen molar-refractivity contribution >= 4 is 16.0 Å². The zero-order valence-corrected chi connectivity index (χ0v) is 10.4. The lowest BCUT2D eigenvalue weighted by atomic mass is 10.2. The van der Waals surface area contributed by atoms with E-state index in [-0.39, 0.29) is 11.4 Å². The van der Waals surface area contributed by atoms with Crippen molar-refractivity contribution < 1.29 is 18.3 Å². The number of rotatable bonds is 6. The second-order valence-electron chi connectivity index (χ2n) is 3.47. The van der Waals surface area contributed by atoms with Crippen LogP contribution in [0.25, 0.3) is 0 Å². The summed E-state index contributed by atoms with van der Waals surface area (Å²) < 4.78 is 25.7. The van der Waals surface area contributed by atoms with Crippen molar-refractivity contribution in [2.45, 2.75) is 37.8 Å². The Morgan fingerprint density at radius 1 is 1.59 bits per heavy atom. The summed E-state index contributed by atoms with van der Waals surface area (Å²) in [7, 11) is -3.85. The highest BCUT2D eigenvalue weighted by molar-refractivity contribution is 7.89. The van der Waals surface area contributed by atoms with Crippen LogP contribution in [-0.4, -0.2) is 35.5 Å². The van der Waals surface area contributed by atoms with E-state index >= 15 is 0 Å². The highest BCUT2D eigenvalue weighted by Crippen LogP contribution is 2.07. The lowest BCUT2D eigenvalue weighted by molar-refractivity contribution is -0.139. The van der Waals surface area contributed by atoms with Gasteiger partial charge in [0.2, 0.25) is 0 Å². The van der Waals surface area contributed by atoms with Crippen LogP contribution in [0.4, 0.5) is 0 Å². The van der Waals surface area contributed by atoms with Gasteiger partial charge in [-0.25, -0.2) is 13.4 Å². The summed E-state index contributed by atoms with van der Waals surface area (Å²) >= 11 is 0. The minimum Gasteiger partial charge on any atom is -0.480 e. The van der Waals surface area contributed by atoms with Crippen molar-refractivity contribution in [3.63, 3.8) is 0 Å². The number of carbonyl (C=O) groups is 1. The third-order valence-corrected chi connectivity index (χ3v) is 3.61. The van der Waals surface area contributed by atoms with Crippen LogP contribution in [0, 0.1) is 0 Å². The average molecular weight is 261 g/mol. The maximum absolute atomic E-state index is 11.8. The molecule has 0 spiro atoms. The standard InChI is InChI=1S/C9H15N3O4S/c1-3-6(9(13)14)12-17(15,16)8-5-10-7(4-2)11-8/h5-6,12H,3-4H2,1-2H3,(H,10,11)(H,13,14)/t6-/m1/s1. The Hall–Kier alpha value is -1.41. The number of nitrogens with zero attached hydrogens (tertiary/aromatic N) is 1. The first-order valence-corrected chi connectivity index (χ1v) is 6.68. The Morgan fingerprint density at radius 3 is 2.65 bits per heavy atom. The topological polar surface area (TPSA) is 112 Å². The highest BCUT2D eigenvalue weighted by atomic mass is 32.2. The molecule has 8 heteroatoms. The normalized spacial score (nSPS) is 13.5. The summed E-state index contributed by atoms with van der Waals surface area (Å²) in [5, 5.41) is 8.67. The molecule has 3 N–H and O–H groups in total. The SMILES string of the molecule is CCc1ncc(S(=O)(=O)N[C@H](CC)C(=O)O)[nH]1. The highest BCUT2D eigenvalue weighted by Gasteiger charge is 2.25. The molecule has 0 aliphatic carbocycles. The van der Waals surface area contributed by atoms with Crippen molar-refractivity contribution in [2.75, 3.05) is 0 Å². The van der Waals surface area contributed by atoms with E-state index in [1.807, 2.05) is 6.92 Å². The van der Waals surface area contributed by atoms with E-state index in [0.717, 1.165) is 0 Å². The molecule has 0 aliphatic heterocycles.